The number of fused-ring (bicyclic) bond motifs is 1. The highest BCUT2D eigenvalue weighted by atomic mass is 19.1. The molecular formula is C13H12FN3O2. The monoisotopic (exact) mass is 261 g/mol. The molecule has 1 aromatic carbocycles. The van der Waals surface area contributed by atoms with Gasteiger partial charge in [0.2, 0.25) is 0 Å². The van der Waals surface area contributed by atoms with Crippen LogP contribution >= 0.6 is 0 Å². The van der Waals surface area contributed by atoms with E-state index in [4.69, 9.17) is 0 Å². The van der Waals surface area contributed by atoms with Crippen molar-refractivity contribution in [2.45, 2.75) is 19.4 Å². The molecule has 1 unspecified atom stereocenters. The molecule has 0 saturated heterocycles. The number of amides is 1. The molecule has 2 heterocycles. The van der Waals surface area contributed by atoms with Crippen LogP contribution in [-0.2, 0) is 6.42 Å². The molecule has 3 rings (SSSR count). The summed E-state index contributed by atoms with van der Waals surface area (Å²) in [4.78, 5) is 12.5. The van der Waals surface area contributed by atoms with Gasteiger partial charge in [-0.1, -0.05) is 0 Å². The summed E-state index contributed by atoms with van der Waals surface area (Å²) in [6.45, 7) is 1.85. The van der Waals surface area contributed by atoms with Gasteiger partial charge in [-0.2, -0.15) is 5.10 Å². The first kappa shape index (κ1) is 11.7. The fourth-order valence-electron chi connectivity index (χ4n) is 2.46. The van der Waals surface area contributed by atoms with Crippen LogP contribution in [0.2, 0.25) is 0 Å². The van der Waals surface area contributed by atoms with Crippen LogP contribution in [-0.4, -0.2) is 27.0 Å². The Kier molecular flexibility index (Phi) is 2.51. The number of halogens is 1. The standard InChI is InChI=1S/C13H12FN3O2/c1-8-6-11-12(16(8)13(18)19)7-15-17(11)10-4-2-9(14)3-5-10/h2-5,7-8H,6H2,1H3,(H,18,19). The van der Waals surface area contributed by atoms with Gasteiger partial charge < -0.3 is 5.11 Å². The van der Waals surface area contributed by atoms with Crippen molar-refractivity contribution in [3.63, 3.8) is 0 Å². The lowest BCUT2D eigenvalue weighted by Crippen LogP contribution is -2.34. The number of hydrogen-bond donors (Lipinski definition) is 1. The van der Waals surface area contributed by atoms with E-state index in [0.29, 0.717) is 12.1 Å². The van der Waals surface area contributed by atoms with Gasteiger partial charge in [-0.25, -0.2) is 13.9 Å². The molecule has 0 saturated carbocycles. The highest BCUT2D eigenvalue weighted by Crippen LogP contribution is 2.33. The molecule has 2 aromatic rings. The van der Waals surface area contributed by atoms with Crippen LogP contribution in [0.15, 0.2) is 30.5 Å². The number of rotatable bonds is 1. The fraction of sp³-hybridized carbons (Fsp3) is 0.231. The summed E-state index contributed by atoms with van der Waals surface area (Å²) in [5.74, 6) is -0.312. The molecule has 6 heteroatoms. The second kappa shape index (κ2) is 4.08. The van der Waals surface area contributed by atoms with Crippen LogP contribution in [0.3, 0.4) is 0 Å². The van der Waals surface area contributed by atoms with Gasteiger partial charge in [0, 0.05) is 12.5 Å². The van der Waals surface area contributed by atoms with Gasteiger partial charge in [-0.3, -0.25) is 4.90 Å². The van der Waals surface area contributed by atoms with E-state index in [0.717, 1.165) is 11.4 Å². The molecule has 1 aliphatic heterocycles. The second-order valence-corrected chi connectivity index (χ2v) is 4.57. The third-order valence-corrected chi connectivity index (χ3v) is 3.31. The Morgan fingerprint density at radius 2 is 2.11 bits per heavy atom. The average Bonchev–Trinajstić information content (AvgIpc) is 2.87. The van der Waals surface area contributed by atoms with Gasteiger partial charge in [0.15, 0.2) is 0 Å². The number of carbonyl (C=O) groups is 1. The van der Waals surface area contributed by atoms with Crippen molar-refractivity contribution >= 4 is 11.8 Å². The Hall–Kier alpha value is -2.37. The second-order valence-electron chi connectivity index (χ2n) is 4.57. The maximum Gasteiger partial charge on any atom is 0.412 e. The number of aromatic nitrogens is 2. The zero-order valence-corrected chi connectivity index (χ0v) is 10.2. The summed E-state index contributed by atoms with van der Waals surface area (Å²) in [7, 11) is 0. The highest BCUT2D eigenvalue weighted by Gasteiger charge is 2.34. The van der Waals surface area contributed by atoms with E-state index in [1.807, 2.05) is 6.92 Å². The van der Waals surface area contributed by atoms with Gasteiger partial charge >= 0.3 is 6.09 Å². The Bertz CT molecular complexity index is 636. The maximum atomic E-state index is 12.9. The van der Waals surface area contributed by atoms with Crippen LogP contribution < -0.4 is 4.90 Å². The Morgan fingerprint density at radius 3 is 2.74 bits per heavy atom. The smallest absolute Gasteiger partial charge is 0.412 e. The van der Waals surface area contributed by atoms with E-state index in [1.54, 1.807) is 16.8 Å². The minimum atomic E-state index is -0.982. The van der Waals surface area contributed by atoms with E-state index in [9.17, 15) is 14.3 Å². The molecule has 98 valence electrons. The Morgan fingerprint density at radius 1 is 1.42 bits per heavy atom. The van der Waals surface area contributed by atoms with Crippen molar-refractivity contribution in [1.82, 2.24) is 9.78 Å². The quantitative estimate of drug-likeness (QED) is 0.857. The molecular weight excluding hydrogens is 249 g/mol. The van der Waals surface area contributed by atoms with E-state index >= 15 is 0 Å². The summed E-state index contributed by atoms with van der Waals surface area (Å²) in [5, 5.41) is 13.4. The first-order valence-corrected chi connectivity index (χ1v) is 5.93. The first-order valence-electron chi connectivity index (χ1n) is 5.93. The normalized spacial score (nSPS) is 17.6. The minimum Gasteiger partial charge on any atom is -0.465 e. The molecule has 1 atom stereocenters. The third-order valence-electron chi connectivity index (χ3n) is 3.31. The van der Waals surface area contributed by atoms with Gasteiger partial charge in [0.25, 0.3) is 0 Å². The summed E-state index contributed by atoms with van der Waals surface area (Å²) in [6.07, 6.45) is 1.15. The van der Waals surface area contributed by atoms with Crippen LogP contribution in [0.1, 0.15) is 12.6 Å². The number of carboxylic acid groups (broad SMARTS) is 1. The van der Waals surface area contributed by atoms with Crippen molar-refractivity contribution in [2.75, 3.05) is 4.90 Å². The number of anilines is 1. The van der Waals surface area contributed by atoms with Gasteiger partial charge in [0.05, 0.1) is 23.3 Å². The van der Waals surface area contributed by atoms with Crippen molar-refractivity contribution in [3.8, 4) is 5.69 Å². The largest absolute Gasteiger partial charge is 0.465 e. The van der Waals surface area contributed by atoms with Crippen molar-refractivity contribution in [1.29, 1.82) is 0 Å². The molecule has 1 aliphatic rings. The molecule has 1 amide bonds. The van der Waals surface area contributed by atoms with Crippen molar-refractivity contribution < 1.29 is 14.3 Å². The van der Waals surface area contributed by atoms with Gasteiger partial charge in [-0.05, 0) is 31.2 Å². The summed E-state index contributed by atoms with van der Waals surface area (Å²) in [6, 6.07) is 5.85. The molecule has 0 bridgehead atoms. The first-order chi connectivity index (χ1) is 9.08. The van der Waals surface area contributed by atoms with E-state index in [1.165, 1.54) is 23.2 Å². The molecule has 1 aromatic heterocycles. The minimum absolute atomic E-state index is 0.114. The summed E-state index contributed by atoms with van der Waals surface area (Å²) < 4.78 is 14.6. The fourth-order valence-corrected chi connectivity index (χ4v) is 2.46. The van der Waals surface area contributed by atoms with Gasteiger partial charge in [-0.15, -0.1) is 0 Å². The van der Waals surface area contributed by atoms with Crippen LogP contribution in [0.5, 0.6) is 0 Å². The van der Waals surface area contributed by atoms with Crippen molar-refractivity contribution in [2.24, 2.45) is 0 Å². The lowest BCUT2D eigenvalue weighted by Gasteiger charge is -2.16. The molecule has 0 fully saturated rings. The average molecular weight is 261 g/mol. The SMILES string of the molecule is CC1Cc2c(cnn2-c2ccc(F)cc2)N1C(=O)O. The van der Waals surface area contributed by atoms with Crippen molar-refractivity contribution in [3.05, 3.63) is 42.0 Å². The molecule has 19 heavy (non-hydrogen) atoms. The maximum absolute atomic E-state index is 12.9. The molecule has 5 nitrogen and oxygen atoms in total. The van der Waals surface area contributed by atoms with Crippen LogP contribution in [0.4, 0.5) is 14.9 Å². The number of nitrogens with zero attached hydrogens (tertiary/aromatic N) is 3. The zero-order chi connectivity index (χ0) is 13.6. The molecule has 0 aliphatic carbocycles. The lowest BCUT2D eigenvalue weighted by atomic mass is 10.2. The van der Waals surface area contributed by atoms with Crippen LogP contribution in [0, 0.1) is 5.82 Å². The lowest BCUT2D eigenvalue weighted by molar-refractivity contribution is 0.200. The topological polar surface area (TPSA) is 58.4 Å². The van der Waals surface area contributed by atoms with E-state index in [2.05, 4.69) is 5.10 Å². The highest BCUT2D eigenvalue weighted by molar-refractivity contribution is 5.89. The predicted molar refractivity (Wildman–Crippen MR) is 67.2 cm³/mol. The molecule has 0 spiro atoms. The Labute approximate surface area is 108 Å². The molecule has 0 radical (unpaired) electrons. The van der Waals surface area contributed by atoms with E-state index in [-0.39, 0.29) is 11.9 Å². The van der Waals surface area contributed by atoms with E-state index < -0.39 is 6.09 Å². The number of hydrogen-bond acceptors (Lipinski definition) is 2. The summed E-state index contributed by atoms with van der Waals surface area (Å²) >= 11 is 0. The Balaban J connectivity index is 2.06. The van der Waals surface area contributed by atoms with Crippen LogP contribution in [0.25, 0.3) is 5.69 Å². The van der Waals surface area contributed by atoms with Gasteiger partial charge in [0.1, 0.15) is 5.82 Å². The third kappa shape index (κ3) is 1.76. The zero-order valence-electron chi connectivity index (χ0n) is 10.2. The summed E-state index contributed by atoms with van der Waals surface area (Å²) in [5.41, 5.74) is 2.16. The predicted octanol–water partition coefficient (Wildman–Crippen LogP) is 2.44. The molecule has 1 N–H and O–H groups in total. The number of benzene rings is 1.